The number of nitrogens with zero attached hydrogens (tertiary/aromatic N) is 1. The van der Waals surface area contributed by atoms with Gasteiger partial charge in [0.2, 0.25) is 10.0 Å². The van der Waals surface area contributed by atoms with E-state index in [0.29, 0.717) is 4.47 Å². The molecule has 0 amide bonds. The van der Waals surface area contributed by atoms with E-state index >= 15 is 0 Å². The van der Waals surface area contributed by atoms with E-state index in [1.54, 1.807) is 25.1 Å². The van der Waals surface area contributed by atoms with Crippen LogP contribution in [0.25, 0.3) is 0 Å². The number of carbonyl (C=O) groups is 1. The average molecular weight is 376 g/mol. The van der Waals surface area contributed by atoms with Gasteiger partial charge in [-0.3, -0.25) is 4.79 Å². The topological polar surface area (TPSA) is 63.7 Å². The van der Waals surface area contributed by atoms with Gasteiger partial charge in [0.25, 0.3) is 0 Å². The molecule has 0 atom stereocenters. The van der Waals surface area contributed by atoms with Crippen molar-refractivity contribution in [1.29, 1.82) is 0 Å². The maximum Gasteiger partial charge on any atom is 0.321 e. The predicted octanol–water partition coefficient (Wildman–Crippen LogP) is 2.47. The fraction of sp³-hybridized carbons (Fsp3) is 0.500. The van der Waals surface area contributed by atoms with Crippen LogP contribution in [0.5, 0.6) is 0 Å². The summed E-state index contributed by atoms with van der Waals surface area (Å²) < 4.78 is 32.2. The summed E-state index contributed by atoms with van der Waals surface area (Å²) in [6.45, 7) is 3.59. The van der Waals surface area contributed by atoms with Gasteiger partial charge in [-0.1, -0.05) is 6.07 Å². The molecule has 0 unspecified atom stereocenters. The molecule has 0 saturated heterocycles. The third-order valence-corrected chi connectivity index (χ3v) is 6.09. The third-order valence-electron chi connectivity index (χ3n) is 3.22. The molecule has 1 aromatic rings. The number of halogens is 1. The van der Waals surface area contributed by atoms with E-state index < -0.39 is 16.0 Å². The summed E-state index contributed by atoms with van der Waals surface area (Å²) in [5.41, 5.74) is 0.962. The van der Waals surface area contributed by atoms with Crippen LogP contribution < -0.4 is 0 Å². The molecule has 0 heterocycles. The van der Waals surface area contributed by atoms with Crippen molar-refractivity contribution in [2.45, 2.75) is 37.6 Å². The molecule has 0 bridgehead atoms. The third kappa shape index (κ3) is 3.84. The summed E-state index contributed by atoms with van der Waals surface area (Å²) in [6.07, 6.45) is 1.56. The van der Waals surface area contributed by atoms with E-state index in [-0.39, 0.29) is 24.1 Å². The van der Waals surface area contributed by atoms with Gasteiger partial charge in [0.15, 0.2) is 0 Å². The maximum absolute atomic E-state index is 12.8. The number of rotatable bonds is 6. The second-order valence-electron chi connectivity index (χ2n) is 5.02. The second-order valence-corrected chi connectivity index (χ2v) is 7.73. The van der Waals surface area contributed by atoms with Crippen LogP contribution in [-0.4, -0.2) is 37.9 Å². The lowest BCUT2D eigenvalue weighted by Gasteiger charge is -2.21. The Balaban J connectivity index is 2.31. The Morgan fingerprint density at radius 2 is 2.10 bits per heavy atom. The molecule has 1 saturated carbocycles. The van der Waals surface area contributed by atoms with Crippen LogP contribution in [-0.2, 0) is 19.6 Å². The molecule has 1 fully saturated rings. The van der Waals surface area contributed by atoms with Crippen LogP contribution in [0.1, 0.15) is 25.3 Å². The van der Waals surface area contributed by atoms with E-state index in [9.17, 15) is 13.2 Å². The van der Waals surface area contributed by atoms with E-state index in [4.69, 9.17) is 4.74 Å². The smallest absolute Gasteiger partial charge is 0.321 e. The van der Waals surface area contributed by atoms with Crippen molar-refractivity contribution in [2.75, 3.05) is 13.2 Å². The van der Waals surface area contributed by atoms with Crippen LogP contribution in [0.3, 0.4) is 0 Å². The van der Waals surface area contributed by atoms with Crippen molar-refractivity contribution in [1.82, 2.24) is 4.31 Å². The molecule has 7 heteroatoms. The van der Waals surface area contributed by atoms with Crippen molar-refractivity contribution >= 4 is 31.9 Å². The molecule has 5 nitrogen and oxygen atoms in total. The first-order valence-electron chi connectivity index (χ1n) is 6.80. The van der Waals surface area contributed by atoms with Crippen LogP contribution in [0.2, 0.25) is 0 Å². The first-order chi connectivity index (χ1) is 9.86. The standard InChI is InChI=1S/C14H18BrNO4S/c1-3-20-14(17)9-16(11-5-6-11)21(18,19)13-7-4-10(2)8-12(13)15/h4,7-8,11H,3,5-6,9H2,1-2H3. The Labute approximate surface area is 133 Å². The van der Waals surface area contributed by atoms with Gasteiger partial charge in [0.1, 0.15) is 6.54 Å². The molecular weight excluding hydrogens is 358 g/mol. The monoisotopic (exact) mass is 375 g/mol. The average Bonchev–Trinajstić information content (AvgIpc) is 3.19. The number of esters is 1. The van der Waals surface area contributed by atoms with Crippen molar-refractivity contribution in [3.63, 3.8) is 0 Å². The summed E-state index contributed by atoms with van der Waals surface area (Å²) in [7, 11) is -3.71. The van der Waals surface area contributed by atoms with Crippen LogP contribution in [0.15, 0.2) is 27.6 Å². The van der Waals surface area contributed by atoms with Crippen molar-refractivity contribution in [3.8, 4) is 0 Å². The lowest BCUT2D eigenvalue weighted by Crippen LogP contribution is -2.38. The lowest BCUT2D eigenvalue weighted by atomic mass is 10.2. The number of ether oxygens (including phenoxy) is 1. The quantitative estimate of drug-likeness (QED) is 0.716. The van der Waals surface area contributed by atoms with E-state index in [0.717, 1.165) is 18.4 Å². The minimum Gasteiger partial charge on any atom is -0.465 e. The molecule has 116 valence electrons. The maximum atomic E-state index is 12.8. The van der Waals surface area contributed by atoms with E-state index in [1.807, 2.05) is 6.92 Å². The van der Waals surface area contributed by atoms with Gasteiger partial charge in [0.05, 0.1) is 11.5 Å². The molecule has 21 heavy (non-hydrogen) atoms. The van der Waals surface area contributed by atoms with Crippen LogP contribution >= 0.6 is 15.9 Å². The molecule has 0 aromatic heterocycles. The van der Waals surface area contributed by atoms with Gasteiger partial charge in [-0.2, -0.15) is 4.31 Å². The highest BCUT2D eigenvalue weighted by Gasteiger charge is 2.40. The molecule has 0 spiro atoms. The summed E-state index contributed by atoms with van der Waals surface area (Å²) >= 11 is 3.30. The Morgan fingerprint density at radius 3 is 2.62 bits per heavy atom. The van der Waals surface area contributed by atoms with E-state index in [2.05, 4.69) is 15.9 Å². The number of hydrogen-bond acceptors (Lipinski definition) is 4. The number of benzene rings is 1. The van der Waals surface area contributed by atoms with Gasteiger partial charge in [-0.15, -0.1) is 0 Å². The first-order valence-corrected chi connectivity index (χ1v) is 9.03. The SMILES string of the molecule is CCOC(=O)CN(C1CC1)S(=O)(=O)c1ccc(C)cc1Br. The van der Waals surface area contributed by atoms with Gasteiger partial charge in [0, 0.05) is 10.5 Å². The van der Waals surface area contributed by atoms with Gasteiger partial charge in [-0.25, -0.2) is 8.42 Å². The Hall–Kier alpha value is -0.920. The number of sulfonamides is 1. The summed E-state index contributed by atoms with van der Waals surface area (Å²) in [5, 5.41) is 0. The summed E-state index contributed by atoms with van der Waals surface area (Å²) in [6, 6.07) is 4.96. The predicted molar refractivity (Wildman–Crippen MR) is 82.4 cm³/mol. The number of carbonyl (C=O) groups excluding carboxylic acids is 1. The highest BCUT2D eigenvalue weighted by Crippen LogP contribution is 2.34. The molecule has 0 aliphatic heterocycles. The van der Waals surface area contributed by atoms with Gasteiger partial charge < -0.3 is 4.74 Å². The Bertz CT molecular complexity index is 640. The lowest BCUT2D eigenvalue weighted by molar-refractivity contribution is -0.143. The van der Waals surface area contributed by atoms with Gasteiger partial charge in [-0.05, 0) is 60.3 Å². The largest absolute Gasteiger partial charge is 0.465 e. The number of hydrogen-bond donors (Lipinski definition) is 0. The molecule has 1 aromatic carbocycles. The molecule has 2 rings (SSSR count). The zero-order valence-corrected chi connectivity index (χ0v) is 14.4. The highest BCUT2D eigenvalue weighted by atomic mass is 79.9. The van der Waals surface area contributed by atoms with Crippen molar-refractivity contribution in [2.24, 2.45) is 0 Å². The fourth-order valence-corrected chi connectivity index (χ4v) is 4.83. The molecule has 0 N–H and O–H groups in total. The zero-order valence-electron chi connectivity index (χ0n) is 12.0. The van der Waals surface area contributed by atoms with Crippen molar-refractivity contribution in [3.05, 3.63) is 28.2 Å². The van der Waals surface area contributed by atoms with Gasteiger partial charge >= 0.3 is 5.97 Å². The minimum atomic E-state index is -3.71. The molecule has 1 aliphatic rings. The Morgan fingerprint density at radius 1 is 1.43 bits per heavy atom. The highest BCUT2D eigenvalue weighted by molar-refractivity contribution is 9.10. The normalized spacial score (nSPS) is 15.2. The van der Waals surface area contributed by atoms with Crippen LogP contribution in [0, 0.1) is 6.92 Å². The van der Waals surface area contributed by atoms with Crippen molar-refractivity contribution < 1.29 is 17.9 Å². The van der Waals surface area contributed by atoms with E-state index in [1.165, 1.54) is 4.31 Å². The zero-order chi connectivity index (χ0) is 15.6. The summed E-state index contributed by atoms with van der Waals surface area (Å²) in [4.78, 5) is 11.8. The molecule has 1 aliphatic carbocycles. The van der Waals surface area contributed by atoms with Crippen LogP contribution in [0.4, 0.5) is 0 Å². The fourth-order valence-electron chi connectivity index (χ4n) is 2.05. The molecule has 0 radical (unpaired) electrons. The second kappa shape index (κ2) is 6.46. The minimum absolute atomic E-state index is 0.104. The molecular formula is C14H18BrNO4S. The number of aryl methyl sites for hydroxylation is 1. The Kier molecular flexibility index (Phi) is 5.06. The summed E-state index contributed by atoms with van der Waals surface area (Å²) in [5.74, 6) is -0.517. The first kappa shape index (κ1) is 16.5.